The molecule has 5 rings (SSSR count). The van der Waals surface area contributed by atoms with Crippen molar-refractivity contribution in [3.8, 4) is 0 Å². The lowest BCUT2D eigenvalue weighted by Gasteiger charge is -2.36. The molecule has 2 N–H and O–H groups in total. The Bertz CT molecular complexity index is 942. The van der Waals surface area contributed by atoms with E-state index in [1.807, 2.05) is 36.6 Å². The molecule has 0 aliphatic carbocycles. The normalized spacial score (nSPS) is 28.4. The number of nitrogens with zero attached hydrogens (tertiary/aromatic N) is 2. The molecule has 6 nitrogen and oxygen atoms in total. The number of aromatic nitrogens is 1. The van der Waals surface area contributed by atoms with Crippen molar-refractivity contribution in [2.24, 2.45) is 5.92 Å². The molecule has 1 aromatic carbocycles. The van der Waals surface area contributed by atoms with E-state index in [1.54, 1.807) is 11.3 Å². The van der Waals surface area contributed by atoms with Gasteiger partial charge >= 0.3 is 0 Å². The number of hydrogen-bond donors (Lipinski definition) is 2. The molecule has 3 atom stereocenters. The minimum atomic E-state index is -0.861. The second kappa shape index (κ2) is 6.67. The van der Waals surface area contributed by atoms with Gasteiger partial charge in [0.1, 0.15) is 5.54 Å². The number of thiazole rings is 1. The molecule has 3 aliphatic rings. The number of aryl methyl sites for hydroxylation is 1. The number of para-hydroxylation sites is 1. The maximum atomic E-state index is 13.3. The molecule has 7 heteroatoms. The van der Waals surface area contributed by atoms with E-state index in [9.17, 15) is 9.59 Å². The van der Waals surface area contributed by atoms with Gasteiger partial charge in [0.2, 0.25) is 11.8 Å². The Hall–Kier alpha value is -2.25. The molecule has 146 valence electrons. The van der Waals surface area contributed by atoms with Crippen molar-refractivity contribution < 1.29 is 9.59 Å². The summed E-state index contributed by atoms with van der Waals surface area (Å²) < 4.78 is 0. The highest BCUT2D eigenvalue weighted by molar-refractivity contribution is 7.09. The van der Waals surface area contributed by atoms with Gasteiger partial charge < -0.3 is 10.6 Å². The monoisotopic (exact) mass is 396 g/mol. The first-order chi connectivity index (χ1) is 13.6. The highest BCUT2D eigenvalue weighted by Gasteiger charge is 2.65. The highest BCUT2D eigenvalue weighted by atomic mass is 32.1. The van der Waals surface area contributed by atoms with Crippen molar-refractivity contribution in [1.29, 1.82) is 0 Å². The van der Waals surface area contributed by atoms with Gasteiger partial charge in [0.15, 0.2) is 0 Å². The number of carbonyl (C=O) groups is 2. The summed E-state index contributed by atoms with van der Waals surface area (Å²) in [6, 6.07) is 8.13. The van der Waals surface area contributed by atoms with E-state index in [2.05, 4.69) is 20.5 Å². The zero-order chi connectivity index (χ0) is 19.3. The number of nitrogens with one attached hydrogen (secondary N) is 2. The number of benzene rings is 1. The van der Waals surface area contributed by atoms with Crippen LogP contribution in [-0.4, -0.2) is 40.8 Å². The second-order valence-electron chi connectivity index (χ2n) is 7.97. The third kappa shape index (κ3) is 2.53. The van der Waals surface area contributed by atoms with Gasteiger partial charge in [0.25, 0.3) is 0 Å². The lowest BCUT2D eigenvalue weighted by molar-refractivity contribution is -0.137. The molecular weight excluding hydrogens is 372 g/mol. The van der Waals surface area contributed by atoms with Gasteiger partial charge in [-0.25, -0.2) is 4.98 Å². The van der Waals surface area contributed by atoms with E-state index in [1.165, 1.54) is 0 Å². The van der Waals surface area contributed by atoms with Crippen LogP contribution in [0, 0.1) is 12.8 Å². The fourth-order valence-electron chi connectivity index (χ4n) is 5.31. The Morgan fingerprint density at radius 3 is 3.11 bits per heavy atom. The van der Waals surface area contributed by atoms with E-state index >= 15 is 0 Å². The van der Waals surface area contributed by atoms with Crippen LogP contribution in [0.5, 0.6) is 0 Å². The highest BCUT2D eigenvalue weighted by Crippen LogP contribution is 2.55. The molecule has 2 amide bonds. The predicted molar refractivity (Wildman–Crippen MR) is 108 cm³/mol. The van der Waals surface area contributed by atoms with Crippen molar-refractivity contribution >= 4 is 28.8 Å². The summed E-state index contributed by atoms with van der Waals surface area (Å²) >= 11 is 1.62. The lowest BCUT2D eigenvalue weighted by Crippen LogP contribution is -2.54. The Balaban J connectivity index is 1.42. The molecule has 0 bridgehead atoms. The summed E-state index contributed by atoms with van der Waals surface area (Å²) in [6.07, 6.45) is 3.60. The second-order valence-corrected chi connectivity index (χ2v) is 8.91. The minimum absolute atomic E-state index is 0.0190. The van der Waals surface area contributed by atoms with Gasteiger partial charge in [-0.3, -0.25) is 14.5 Å². The molecule has 0 saturated carbocycles. The smallest absolute Gasteiger partial charge is 0.250 e. The van der Waals surface area contributed by atoms with Crippen molar-refractivity contribution in [3.63, 3.8) is 0 Å². The average molecular weight is 397 g/mol. The van der Waals surface area contributed by atoms with Gasteiger partial charge in [0, 0.05) is 41.3 Å². The third-order valence-electron chi connectivity index (χ3n) is 6.40. The number of hydrogen-bond acceptors (Lipinski definition) is 5. The quantitative estimate of drug-likeness (QED) is 0.833. The number of carbonyl (C=O) groups excluding carboxylic acids is 2. The molecule has 1 spiro atoms. The summed E-state index contributed by atoms with van der Waals surface area (Å²) in [5.41, 5.74) is 1.96. The third-order valence-corrected chi connectivity index (χ3v) is 7.42. The zero-order valence-electron chi connectivity index (χ0n) is 15.9. The van der Waals surface area contributed by atoms with Crippen LogP contribution in [0.3, 0.4) is 0 Å². The first-order valence-electron chi connectivity index (χ1n) is 9.97. The van der Waals surface area contributed by atoms with E-state index < -0.39 is 5.54 Å². The van der Waals surface area contributed by atoms with E-state index in [0.29, 0.717) is 12.6 Å². The molecular formula is C21H24N4O2S. The van der Waals surface area contributed by atoms with E-state index in [-0.39, 0.29) is 17.7 Å². The number of fused-ring (bicyclic) bond motifs is 4. The van der Waals surface area contributed by atoms with Gasteiger partial charge in [-0.2, -0.15) is 0 Å². The number of amides is 2. The van der Waals surface area contributed by atoms with Crippen LogP contribution in [0.4, 0.5) is 5.69 Å². The summed E-state index contributed by atoms with van der Waals surface area (Å²) in [5.74, 6) is -0.428. The Labute approximate surface area is 168 Å². The zero-order valence-corrected chi connectivity index (χ0v) is 16.7. The Morgan fingerprint density at radius 2 is 2.29 bits per heavy atom. The topological polar surface area (TPSA) is 74.3 Å². The van der Waals surface area contributed by atoms with Crippen LogP contribution in [0.15, 0.2) is 29.6 Å². The lowest BCUT2D eigenvalue weighted by atomic mass is 9.78. The van der Waals surface area contributed by atoms with E-state index in [4.69, 9.17) is 0 Å². The van der Waals surface area contributed by atoms with Crippen LogP contribution in [0.1, 0.15) is 35.5 Å². The molecule has 0 radical (unpaired) electrons. The van der Waals surface area contributed by atoms with E-state index in [0.717, 1.165) is 54.2 Å². The maximum Gasteiger partial charge on any atom is 0.250 e. The Kier molecular flexibility index (Phi) is 4.25. The predicted octanol–water partition coefficient (Wildman–Crippen LogP) is 2.44. The summed E-state index contributed by atoms with van der Waals surface area (Å²) in [5, 5.41) is 9.19. The number of anilines is 1. The molecule has 3 aliphatic heterocycles. The van der Waals surface area contributed by atoms with Crippen molar-refractivity contribution in [1.82, 2.24) is 15.2 Å². The first-order valence-corrected chi connectivity index (χ1v) is 10.8. The van der Waals surface area contributed by atoms with Crippen LogP contribution in [0.25, 0.3) is 0 Å². The largest absolute Gasteiger partial charge is 0.355 e. The average Bonchev–Trinajstić information content (AvgIpc) is 3.41. The van der Waals surface area contributed by atoms with Gasteiger partial charge in [-0.05, 0) is 38.8 Å². The first kappa shape index (κ1) is 17.8. The van der Waals surface area contributed by atoms with Crippen LogP contribution >= 0.6 is 11.3 Å². The van der Waals surface area contributed by atoms with Crippen molar-refractivity contribution in [3.05, 3.63) is 45.9 Å². The summed E-state index contributed by atoms with van der Waals surface area (Å²) in [7, 11) is 0. The van der Waals surface area contributed by atoms with Crippen LogP contribution < -0.4 is 10.6 Å². The van der Waals surface area contributed by atoms with Gasteiger partial charge in [0.05, 0.1) is 10.9 Å². The maximum absolute atomic E-state index is 13.3. The SMILES string of the molecule is Cc1csc(CCNC(=O)[C@H]2C[C@H]3CCCN3[C@]23C(=O)Nc2ccccc23)n1. The molecule has 2 aromatic rings. The molecule has 4 heterocycles. The van der Waals surface area contributed by atoms with Crippen LogP contribution in [-0.2, 0) is 21.5 Å². The standard InChI is InChI=1S/C21H24N4O2S/c1-13-12-28-18(23-13)8-9-22-19(26)16-11-14-5-4-10-25(14)21(16)15-6-2-3-7-17(15)24-20(21)27/h2-3,6-7,12,14,16H,4-5,8-11H2,1H3,(H,22,26)(H,24,27)/t14-,16-,21+/m1/s1. The van der Waals surface area contributed by atoms with Gasteiger partial charge in [-0.1, -0.05) is 18.2 Å². The molecule has 2 saturated heterocycles. The van der Waals surface area contributed by atoms with Crippen LogP contribution in [0.2, 0.25) is 0 Å². The molecule has 2 fully saturated rings. The number of rotatable bonds is 4. The fraction of sp³-hybridized carbons (Fsp3) is 0.476. The molecule has 0 unspecified atom stereocenters. The molecule has 28 heavy (non-hydrogen) atoms. The Morgan fingerprint density at radius 1 is 1.43 bits per heavy atom. The fourth-order valence-corrected chi connectivity index (χ4v) is 6.09. The van der Waals surface area contributed by atoms with Crippen molar-refractivity contribution in [2.45, 2.75) is 44.2 Å². The minimum Gasteiger partial charge on any atom is -0.355 e. The summed E-state index contributed by atoms with van der Waals surface area (Å²) in [6.45, 7) is 3.39. The summed E-state index contributed by atoms with van der Waals surface area (Å²) in [4.78, 5) is 33.3. The van der Waals surface area contributed by atoms with Gasteiger partial charge in [-0.15, -0.1) is 11.3 Å². The molecule has 1 aromatic heterocycles. The van der Waals surface area contributed by atoms with Crippen molar-refractivity contribution in [2.75, 3.05) is 18.4 Å².